The molecule has 1 aromatic rings. The van der Waals surface area contributed by atoms with E-state index < -0.39 is 18.2 Å². The van der Waals surface area contributed by atoms with Crippen LogP contribution in [0.4, 0.5) is 0 Å². The number of hydrogen-bond donors (Lipinski definition) is 3. The molecule has 0 aromatic heterocycles. The van der Waals surface area contributed by atoms with Gasteiger partial charge in [0.15, 0.2) is 0 Å². The summed E-state index contributed by atoms with van der Waals surface area (Å²) in [6, 6.07) is 6.99. The molecule has 7 heteroatoms. The number of benzene rings is 1. The lowest BCUT2D eigenvalue weighted by Gasteiger charge is -2.33. The monoisotopic (exact) mass is 379 g/mol. The Balaban J connectivity index is 1.53. The van der Waals surface area contributed by atoms with Gasteiger partial charge in [-0.1, -0.05) is 41.0 Å². The van der Waals surface area contributed by atoms with Crippen molar-refractivity contribution >= 4 is 23.3 Å². The average Bonchev–Trinajstić information content (AvgIpc) is 2.83. The number of halogens is 1. The van der Waals surface area contributed by atoms with E-state index in [1.54, 1.807) is 30.3 Å². The number of rotatable bonds is 7. The Bertz CT molecular complexity index is 702. The van der Waals surface area contributed by atoms with Gasteiger partial charge in [-0.15, -0.1) is 0 Å². The van der Waals surface area contributed by atoms with Crippen LogP contribution in [0.15, 0.2) is 41.6 Å². The first-order chi connectivity index (χ1) is 12.5. The van der Waals surface area contributed by atoms with Gasteiger partial charge in [0.25, 0.3) is 0 Å². The van der Waals surface area contributed by atoms with Gasteiger partial charge in [0.2, 0.25) is 0 Å². The van der Waals surface area contributed by atoms with Crippen molar-refractivity contribution in [2.75, 3.05) is 6.61 Å². The first-order valence-corrected chi connectivity index (χ1v) is 9.04. The summed E-state index contributed by atoms with van der Waals surface area (Å²) in [6.45, 7) is 0.0510. The van der Waals surface area contributed by atoms with Crippen LogP contribution >= 0.6 is 11.6 Å². The van der Waals surface area contributed by atoms with Crippen LogP contribution in [-0.2, 0) is 9.63 Å². The predicted molar refractivity (Wildman–Crippen MR) is 96.9 cm³/mol. The number of fused-ring (bicyclic) bond motifs is 1. The van der Waals surface area contributed by atoms with Crippen LogP contribution in [0.25, 0.3) is 0 Å². The van der Waals surface area contributed by atoms with Gasteiger partial charge in [-0.05, 0) is 36.5 Å². The van der Waals surface area contributed by atoms with Gasteiger partial charge in [0.05, 0.1) is 24.3 Å². The Kier molecular flexibility index (Phi) is 5.96. The molecule has 0 saturated heterocycles. The summed E-state index contributed by atoms with van der Waals surface area (Å²) in [7, 11) is 0. The van der Waals surface area contributed by atoms with Gasteiger partial charge in [0.1, 0.15) is 6.61 Å². The number of aliphatic hydroxyl groups excluding tert-OH is 2. The predicted octanol–water partition coefficient (Wildman–Crippen LogP) is 2.79. The first kappa shape index (κ1) is 18.9. The summed E-state index contributed by atoms with van der Waals surface area (Å²) >= 11 is 5.85. The van der Waals surface area contributed by atoms with Gasteiger partial charge in [-0.3, -0.25) is 4.79 Å². The number of nitrogens with zero attached hydrogens (tertiary/aromatic N) is 1. The van der Waals surface area contributed by atoms with Crippen LogP contribution in [0.2, 0.25) is 5.02 Å². The number of aliphatic carboxylic acids is 1. The number of carboxylic acid groups (broad SMARTS) is 1. The van der Waals surface area contributed by atoms with Gasteiger partial charge >= 0.3 is 5.97 Å². The molecule has 0 spiro atoms. The van der Waals surface area contributed by atoms with Crippen molar-refractivity contribution in [2.45, 2.75) is 31.5 Å². The highest BCUT2D eigenvalue weighted by Crippen LogP contribution is 2.48. The molecule has 0 amide bonds. The van der Waals surface area contributed by atoms with Crippen LogP contribution in [-0.4, -0.2) is 39.7 Å². The maximum absolute atomic E-state index is 10.4. The van der Waals surface area contributed by atoms with Crippen molar-refractivity contribution < 1.29 is 25.0 Å². The Morgan fingerprint density at radius 3 is 2.81 bits per heavy atom. The van der Waals surface area contributed by atoms with Crippen molar-refractivity contribution in [2.24, 2.45) is 22.9 Å². The van der Waals surface area contributed by atoms with Crippen LogP contribution < -0.4 is 0 Å². The zero-order chi connectivity index (χ0) is 18.7. The van der Waals surface area contributed by atoms with Crippen LogP contribution in [0.5, 0.6) is 0 Å². The molecule has 6 nitrogen and oxygen atoms in total. The zero-order valence-corrected chi connectivity index (χ0v) is 14.9. The summed E-state index contributed by atoms with van der Waals surface area (Å²) in [6.07, 6.45) is 3.69. The minimum Gasteiger partial charge on any atom is -0.481 e. The number of hydrogen-bond acceptors (Lipinski definition) is 5. The first-order valence-electron chi connectivity index (χ1n) is 8.66. The molecule has 3 rings (SSSR count). The Hall–Kier alpha value is -1.89. The number of carbonyl (C=O) groups is 1. The topological polar surface area (TPSA) is 99.4 Å². The lowest BCUT2D eigenvalue weighted by molar-refractivity contribution is -0.138. The maximum Gasteiger partial charge on any atom is 0.306 e. The summed E-state index contributed by atoms with van der Waals surface area (Å²) in [4.78, 5) is 15.5. The van der Waals surface area contributed by atoms with E-state index >= 15 is 0 Å². The highest BCUT2D eigenvalue weighted by Gasteiger charge is 2.51. The smallest absolute Gasteiger partial charge is 0.306 e. The fourth-order valence-electron chi connectivity index (χ4n) is 3.62. The minimum absolute atomic E-state index is 0.0429. The van der Waals surface area contributed by atoms with Gasteiger partial charge in [-0.2, -0.15) is 0 Å². The van der Waals surface area contributed by atoms with Crippen molar-refractivity contribution in [1.82, 2.24) is 0 Å². The number of oxime groups is 1. The second kappa shape index (κ2) is 8.20. The lowest BCUT2D eigenvalue weighted by atomic mass is 9.73. The molecule has 2 aliphatic rings. The lowest BCUT2D eigenvalue weighted by Crippen LogP contribution is -2.38. The molecule has 3 N–H and O–H groups in total. The Morgan fingerprint density at radius 2 is 2.12 bits per heavy atom. The molecule has 3 unspecified atom stereocenters. The van der Waals surface area contributed by atoms with Crippen LogP contribution in [0, 0.1) is 17.8 Å². The molecule has 0 radical (unpaired) electrons. The molecule has 0 bridgehead atoms. The standard InChI is InChI=1S/C19H22ClNO5/c20-13-4-1-11(2-5-13)17(22)6-3-12-9-14-15(19(12)25)10-16(14)21-26-8-7-18(23)24/h1-6,12,14-15,17,19,22,25H,7-10H2,(H,23,24)/t12?,14-,15+,17?,19?/m0/s1. The van der Waals surface area contributed by atoms with Crippen molar-refractivity contribution in [1.29, 1.82) is 0 Å². The summed E-state index contributed by atoms with van der Waals surface area (Å²) in [5.74, 6) is -0.646. The summed E-state index contributed by atoms with van der Waals surface area (Å²) in [5.41, 5.74) is 1.63. The van der Waals surface area contributed by atoms with Gasteiger partial charge < -0.3 is 20.2 Å². The van der Waals surface area contributed by atoms with Crippen molar-refractivity contribution in [3.8, 4) is 0 Å². The van der Waals surface area contributed by atoms with E-state index in [1.807, 2.05) is 6.08 Å². The molecule has 0 heterocycles. The fraction of sp³-hybridized carbons (Fsp3) is 0.474. The quantitative estimate of drug-likeness (QED) is 0.384. The molecule has 5 atom stereocenters. The van der Waals surface area contributed by atoms with Crippen molar-refractivity contribution in [3.63, 3.8) is 0 Å². The largest absolute Gasteiger partial charge is 0.481 e. The second-order valence-corrected chi connectivity index (χ2v) is 7.24. The van der Waals surface area contributed by atoms with E-state index in [2.05, 4.69) is 5.16 Å². The molecule has 2 saturated carbocycles. The minimum atomic E-state index is -0.919. The molecule has 2 aliphatic carbocycles. The SMILES string of the molecule is O=C(O)CCON=C1C[C@H]2C(O)C(C=CC(O)c3ccc(Cl)cc3)C[C@H]12. The van der Waals surface area contributed by atoms with Crippen LogP contribution in [0.1, 0.15) is 30.9 Å². The average molecular weight is 380 g/mol. The number of aliphatic hydroxyl groups is 2. The highest BCUT2D eigenvalue weighted by molar-refractivity contribution is 6.30. The Labute approximate surface area is 156 Å². The van der Waals surface area contributed by atoms with Crippen molar-refractivity contribution in [3.05, 3.63) is 47.0 Å². The van der Waals surface area contributed by atoms with E-state index in [4.69, 9.17) is 21.5 Å². The third-order valence-corrected chi connectivity index (χ3v) is 5.39. The van der Waals surface area contributed by atoms with E-state index in [0.717, 1.165) is 17.7 Å². The molecule has 0 aliphatic heterocycles. The summed E-state index contributed by atoms with van der Waals surface area (Å²) in [5, 5.41) is 33.9. The zero-order valence-electron chi connectivity index (χ0n) is 14.2. The van der Waals surface area contributed by atoms with E-state index in [-0.39, 0.29) is 30.8 Å². The molecule has 26 heavy (non-hydrogen) atoms. The molecule has 1 aromatic carbocycles. The van der Waals surface area contributed by atoms with Gasteiger partial charge in [-0.25, -0.2) is 0 Å². The second-order valence-electron chi connectivity index (χ2n) is 6.81. The molecule has 140 valence electrons. The van der Waals surface area contributed by atoms with Gasteiger partial charge in [0, 0.05) is 16.9 Å². The third kappa shape index (κ3) is 4.26. The summed E-state index contributed by atoms with van der Waals surface area (Å²) < 4.78 is 0. The van der Waals surface area contributed by atoms with E-state index in [1.165, 1.54) is 0 Å². The highest BCUT2D eigenvalue weighted by atomic mass is 35.5. The molecular formula is C19H22ClNO5. The molecular weight excluding hydrogens is 358 g/mol. The van der Waals surface area contributed by atoms with E-state index in [0.29, 0.717) is 11.4 Å². The maximum atomic E-state index is 10.4. The normalized spacial score (nSPS) is 30.2. The van der Waals surface area contributed by atoms with E-state index in [9.17, 15) is 15.0 Å². The fourth-order valence-corrected chi connectivity index (χ4v) is 3.75. The number of carboxylic acids is 1. The van der Waals surface area contributed by atoms with Crippen LogP contribution in [0.3, 0.4) is 0 Å². The Morgan fingerprint density at radius 1 is 1.38 bits per heavy atom. The molecule has 2 fully saturated rings. The third-order valence-electron chi connectivity index (χ3n) is 5.13.